The number of amides is 1. The van der Waals surface area contributed by atoms with Crippen molar-refractivity contribution in [1.82, 2.24) is 10.3 Å². The van der Waals surface area contributed by atoms with E-state index in [9.17, 15) is 4.79 Å². The average molecular weight is 420 g/mol. The minimum atomic E-state index is -0.425. The Morgan fingerprint density at radius 3 is 2.43 bits per heavy atom. The molecule has 6 heteroatoms. The van der Waals surface area contributed by atoms with Crippen LogP contribution in [0.5, 0.6) is 0 Å². The number of fused-ring (bicyclic) bond motifs is 3. The van der Waals surface area contributed by atoms with Gasteiger partial charge in [-0.25, -0.2) is 9.78 Å². The third kappa shape index (κ3) is 4.31. The van der Waals surface area contributed by atoms with E-state index in [0.29, 0.717) is 36.1 Å². The summed E-state index contributed by atoms with van der Waals surface area (Å²) < 4.78 is 5.52. The Morgan fingerprint density at radius 1 is 1.07 bits per heavy atom. The van der Waals surface area contributed by atoms with Crippen LogP contribution < -0.4 is 11.1 Å². The highest BCUT2D eigenvalue weighted by Gasteiger charge is 2.28. The van der Waals surface area contributed by atoms with Crippen LogP contribution in [-0.4, -0.2) is 24.2 Å². The predicted molar refractivity (Wildman–Crippen MR) is 120 cm³/mol. The summed E-state index contributed by atoms with van der Waals surface area (Å²) in [5.74, 6) is 0.0555. The molecule has 1 amide bonds. The van der Waals surface area contributed by atoms with E-state index in [0.717, 1.165) is 0 Å². The molecule has 2 aromatic carbocycles. The van der Waals surface area contributed by atoms with Gasteiger partial charge in [-0.2, -0.15) is 0 Å². The van der Waals surface area contributed by atoms with Gasteiger partial charge in [0.05, 0.1) is 11.4 Å². The molecule has 0 atom stereocenters. The first-order valence-corrected chi connectivity index (χ1v) is 10.2. The monoisotopic (exact) mass is 419 g/mol. The maximum atomic E-state index is 12.1. The molecule has 1 aromatic heterocycles. The molecule has 1 aliphatic carbocycles. The molecule has 0 aliphatic heterocycles. The lowest BCUT2D eigenvalue weighted by Crippen LogP contribution is -2.26. The number of hydrogen-bond acceptors (Lipinski definition) is 4. The number of carbonyl (C=O) groups excluding carboxylic acids is 1. The number of rotatable bonds is 6. The standard InChI is InChI=1S/C24H22ClN3O2/c25-23-13-12-21(26)22(28-23)11-5-6-14-27-24(29)30-15-20-18-9-3-1-7-16(18)17-8-2-4-10-19(17)20/h1-5,7-13,20H,6,14-15,26H2,(H,27,29). The van der Waals surface area contributed by atoms with Crippen molar-refractivity contribution >= 4 is 29.5 Å². The number of halogens is 1. The fourth-order valence-corrected chi connectivity index (χ4v) is 3.85. The minimum absolute atomic E-state index is 0.0555. The van der Waals surface area contributed by atoms with Gasteiger partial charge < -0.3 is 15.8 Å². The van der Waals surface area contributed by atoms with Crippen LogP contribution in [0.25, 0.3) is 17.2 Å². The fourth-order valence-electron chi connectivity index (χ4n) is 3.70. The van der Waals surface area contributed by atoms with Gasteiger partial charge in [-0.1, -0.05) is 66.2 Å². The Bertz CT molecular complexity index is 1050. The van der Waals surface area contributed by atoms with E-state index in [-0.39, 0.29) is 5.92 Å². The van der Waals surface area contributed by atoms with Gasteiger partial charge >= 0.3 is 6.09 Å². The Morgan fingerprint density at radius 2 is 1.73 bits per heavy atom. The normalized spacial score (nSPS) is 12.6. The zero-order valence-corrected chi connectivity index (χ0v) is 17.1. The topological polar surface area (TPSA) is 77.2 Å². The summed E-state index contributed by atoms with van der Waals surface area (Å²) in [6, 6.07) is 19.9. The van der Waals surface area contributed by atoms with E-state index in [4.69, 9.17) is 22.1 Å². The third-order valence-corrected chi connectivity index (χ3v) is 5.33. The molecule has 1 aliphatic rings. The van der Waals surface area contributed by atoms with Crippen LogP contribution in [0.15, 0.2) is 66.7 Å². The molecular weight excluding hydrogens is 398 g/mol. The van der Waals surface area contributed by atoms with Crippen molar-refractivity contribution < 1.29 is 9.53 Å². The number of pyridine rings is 1. The van der Waals surface area contributed by atoms with E-state index < -0.39 is 6.09 Å². The molecule has 0 radical (unpaired) electrons. The number of nitrogens with zero attached hydrogens (tertiary/aromatic N) is 1. The van der Waals surface area contributed by atoms with E-state index >= 15 is 0 Å². The summed E-state index contributed by atoms with van der Waals surface area (Å²) >= 11 is 5.88. The zero-order chi connectivity index (χ0) is 20.9. The van der Waals surface area contributed by atoms with Crippen LogP contribution >= 0.6 is 11.6 Å². The quantitative estimate of drug-likeness (QED) is 0.422. The zero-order valence-electron chi connectivity index (χ0n) is 16.3. The van der Waals surface area contributed by atoms with Crippen molar-refractivity contribution in [2.45, 2.75) is 12.3 Å². The molecule has 0 saturated heterocycles. The van der Waals surface area contributed by atoms with E-state index in [2.05, 4.69) is 34.6 Å². The number of alkyl carbamates (subject to hydrolysis) is 1. The maximum Gasteiger partial charge on any atom is 0.407 e. The van der Waals surface area contributed by atoms with Gasteiger partial charge in [0.1, 0.15) is 11.8 Å². The van der Waals surface area contributed by atoms with Crippen LogP contribution in [0, 0.1) is 0 Å². The molecule has 152 valence electrons. The number of nitrogens with one attached hydrogen (secondary N) is 1. The van der Waals surface area contributed by atoms with Crippen molar-refractivity contribution in [3.8, 4) is 11.1 Å². The molecule has 3 N–H and O–H groups in total. The number of carbonyl (C=O) groups is 1. The Hall–Kier alpha value is -3.31. The summed E-state index contributed by atoms with van der Waals surface area (Å²) in [7, 11) is 0. The van der Waals surface area contributed by atoms with Crippen molar-refractivity contribution in [1.29, 1.82) is 0 Å². The first-order chi connectivity index (χ1) is 14.6. The lowest BCUT2D eigenvalue weighted by Gasteiger charge is -2.14. The van der Waals surface area contributed by atoms with E-state index in [1.54, 1.807) is 18.2 Å². The highest BCUT2D eigenvalue weighted by Crippen LogP contribution is 2.44. The summed E-state index contributed by atoms with van der Waals surface area (Å²) in [4.78, 5) is 16.3. The number of nitrogen functional groups attached to an aromatic ring is 1. The first kappa shape index (κ1) is 20.0. The largest absolute Gasteiger partial charge is 0.449 e. The van der Waals surface area contributed by atoms with Gasteiger partial charge in [-0.15, -0.1) is 0 Å². The van der Waals surface area contributed by atoms with E-state index in [1.165, 1.54) is 22.3 Å². The van der Waals surface area contributed by atoms with Crippen LogP contribution in [0.2, 0.25) is 5.15 Å². The SMILES string of the molecule is Nc1ccc(Cl)nc1C=CCCNC(=O)OCC1c2ccccc2-c2ccccc21. The average Bonchev–Trinajstić information content (AvgIpc) is 3.08. The molecule has 4 rings (SSSR count). The number of ether oxygens (including phenoxy) is 1. The maximum absolute atomic E-state index is 12.1. The molecular formula is C24H22ClN3O2. The lowest BCUT2D eigenvalue weighted by molar-refractivity contribution is 0.143. The van der Waals surface area contributed by atoms with Gasteiger partial charge in [0.25, 0.3) is 0 Å². The second-order valence-electron chi connectivity index (χ2n) is 7.05. The second-order valence-corrected chi connectivity index (χ2v) is 7.44. The third-order valence-electron chi connectivity index (χ3n) is 5.12. The Kier molecular flexibility index (Phi) is 6.00. The van der Waals surface area contributed by atoms with Gasteiger partial charge in [0.15, 0.2) is 0 Å². The fraction of sp³-hybridized carbons (Fsp3) is 0.167. The molecule has 30 heavy (non-hydrogen) atoms. The smallest absolute Gasteiger partial charge is 0.407 e. The summed E-state index contributed by atoms with van der Waals surface area (Å²) in [5.41, 5.74) is 11.8. The van der Waals surface area contributed by atoms with Crippen molar-refractivity contribution in [3.63, 3.8) is 0 Å². The molecule has 0 fully saturated rings. The van der Waals surface area contributed by atoms with Crippen molar-refractivity contribution in [3.05, 3.63) is 88.7 Å². The molecule has 0 bridgehead atoms. The highest BCUT2D eigenvalue weighted by atomic mass is 35.5. The molecule has 0 spiro atoms. The lowest BCUT2D eigenvalue weighted by atomic mass is 9.98. The van der Waals surface area contributed by atoms with E-state index in [1.807, 2.05) is 30.3 Å². The van der Waals surface area contributed by atoms with Crippen LogP contribution in [0.1, 0.15) is 29.2 Å². The molecule has 1 heterocycles. The van der Waals surface area contributed by atoms with Crippen LogP contribution in [0.4, 0.5) is 10.5 Å². The van der Waals surface area contributed by atoms with Gasteiger partial charge in [0.2, 0.25) is 0 Å². The Balaban J connectivity index is 1.28. The Labute approximate surface area is 180 Å². The molecule has 3 aromatic rings. The summed E-state index contributed by atoms with van der Waals surface area (Å²) in [6.45, 7) is 0.756. The molecule has 0 saturated carbocycles. The van der Waals surface area contributed by atoms with Gasteiger partial charge in [0, 0.05) is 12.5 Å². The van der Waals surface area contributed by atoms with Crippen LogP contribution in [-0.2, 0) is 4.74 Å². The summed E-state index contributed by atoms with van der Waals surface area (Å²) in [5, 5.41) is 3.17. The summed E-state index contributed by atoms with van der Waals surface area (Å²) in [6.07, 6.45) is 3.88. The molecule has 5 nitrogen and oxygen atoms in total. The number of aromatic nitrogens is 1. The van der Waals surface area contributed by atoms with Gasteiger partial charge in [-0.05, 0) is 46.9 Å². The first-order valence-electron chi connectivity index (χ1n) is 9.81. The minimum Gasteiger partial charge on any atom is -0.449 e. The van der Waals surface area contributed by atoms with Gasteiger partial charge in [-0.3, -0.25) is 0 Å². The van der Waals surface area contributed by atoms with Crippen LogP contribution in [0.3, 0.4) is 0 Å². The number of hydrogen-bond donors (Lipinski definition) is 2. The number of nitrogens with two attached hydrogens (primary N) is 1. The number of anilines is 1. The number of benzene rings is 2. The predicted octanol–water partition coefficient (Wildman–Crippen LogP) is 5.26. The second kappa shape index (κ2) is 9.01. The van der Waals surface area contributed by atoms with Crippen molar-refractivity contribution in [2.24, 2.45) is 0 Å². The highest BCUT2D eigenvalue weighted by molar-refractivity contribution is 6.29. The molecule has 0 unspecified atom stereocenters. The van der Waals surface area contributed by atoms with Crippen molar-refractivity contribution in [2.75, 3.05) is 18.9 Å².